The van der Waals surface area contributed by atoms with Crippen molar-refractivity contribution in [2.45, 2.75) is 116 Å². The van der Waals surface area contributed by atoms with E-state index in [1.807, 2.05) is 21.1 Å². The molecule has 35 heavy (non-hydrogen) atoms. The summed E-state index contributed by atoms with van der Waals surface area (Å²) in [5, 5.41) is 9.04. The molecule has 0 aromatic carbocycles. The maximum Gasteiger partial charge on any atom is 0.307 e. The molecule has 0 heterocycles. The average Bonchev–Trinajstić information content (AvgIpc) is 2.76. The molecule has 1 atom stereocenters. The molecule has 0 radical (unpaired) electrons. The van der Waals surface area contributed by atoms with Gasteiger partial charge in [0.25, 0.3) is 0 Å². The van der Waals surface area contributed by atoms with Gasteiger partial charge in [0.2, 0.25) is 0 Å². The molecule has 0 fully saturated rings. The number of quaternary nitrogens is 1. The van der Waals surface area contributed by atoms with E-state index in [-0.39, 0.29) is 12.4 Å². The van der Waals surface area contributed by atoms with Crippen LogP contribution in [-0.2, 0) is 14.3 Å². The maximum atomic E-state index is 12.1. The zero-order chi connectivity index (χ0) is 26.2. The number of rotatable bonds is 23. The monoisotopic (exact) mass is 492 g/mol. The third-order valence-electron chi connectivity index (χ3n) is 5.73. The van der Waals surface area contributed by atoms with Crippen LogP contribution in [0.3, 0.4) is 0 Å². The van der Waals surface area contributed by atoms with Crippen LogP contribution in [0, 0.1) is 0 Å². The Kier molecular flexibility index (Phi) is 21.4. The molecule has 5 nitrogen and oxygen atoms in total. The van der Waals surface area contributed by atoms with E-state index in [4.69, 9.17) is 9.84 Å². The van der Waals surface area contributed by atoms with Crippen LogP contribution < -0.4 is 0 Å². The van der Waals surface area contributed by atoms with Crippen LogP contribution in [0.2, 0.25) is 0 Å². The van der Waals surface area contributed by atoms with Gasteiger partial charge in [-0.3, -0.25) is 9.59 Å². The van der Waals surface area contributed by atoms with E-state index < -0.39 is 12.1 Å². The lowest BCUT2D eigenvalue weighted by Gasteiger charge is -2.28. The second-order valence-electron chi connectivity index (χ2n) is 10.6. The third-order valence-corrected chi connectivity index (χ3v) is 5.73. The summed E-state index contributed by atoms with van der Waals surface area (Å²) < 4.78 is 6.00. The van der Waals surface area contributed by atoms with Gasteiger partial charge < -0.3 is 14.3 Å². The highest BCUT2D eigenvalue weighted by Crippen LogP contribution is 2.13. The van der Waals surface area contributed by atoms with Gasteiger partial charge in [-0.1, -0.05) is 94.7 Å². The van der Waals surface area contributed by atoms with Crippen molar-refractivity contribution in [3.05, 3.63) is 36.5 Å². The zero-order valence-electron chi connectivity index (χ0n) is 23.2. The molecular formula is C30H54NO4+. The summed E-state index contributed by atoms with van der Waals surface area (Å²) in [5.41, 5.74) is 0. The lowest BCUT2D eigenvalue weighted by atomic mass is 10.0. The Labute approximate surface area is 215 Å². The van der Waals surface area contributed by atoms with Gasteiger partial charge >= 0.3 is 11.9 Å². The fourth-order valence-electron chi connectivity index (χ4n) is 3.97. The molecule has 0 amide bonds. The highest BCUT2D eigenvalue weighted by molar-refractivity contribution is 5.71. The standard InChI is InChI=1S/C30H53NO4/c1-5-6-7-8-9-10-11-12-13-14-15-16-17-18-19-20-21-22-23-24-25-30(34)35-28(26-29(32)33)27-31(2,3)4/h6-7,9-10,12-13,28H,5,8,11,14-27H2,1-4H3/p+1/b7-6+,10-9+,13-12+. The zero-order valence-corrected chi connectivity index (χ0v) is 23.2. The molecule has 0 aliphatic heterocycles. The molecule has 0 saturated heterocycles. The Hall–Kier alpha value is -1.88. The number of carbonyl (C=O) groups is 2. The first-order chi connectivity index (χ1) is 16.7. The molecule has 0 saturated carbocycles. The predicted molar refractivity (Wildman–Crippen MR) is 147 cm³/mol. The Morgan fingerprint density at radius 1 is 0.743 bits per heavy atom. The van der Waals surface area contributed by atoms with Crippen molar-refractivity contribution in [1.29, 1.82) is 0 Å². The van der Waals surface area contributed by atoms with Crippen LogP contribution in [-0.4, -0.2) is 55.3 Å². The van der Waals surface area contributed by atoms with E-state index in [2.05, 4.69) is 43.4 Å². The molecule has 0 aliphatic carbocycles. The summed E-state index contributed by atoms with van der Waals surface area (Å²) >= 11 is 0. The largest absolute Gasteiger partial charge is 0.481 e. The Bertz CT molecular complexity index is 616. The van der Waals surface area contributed by atoms with E-state index in [0.717, 1.165) is 38.5 Å². The molecule has 0 aliphatic rings. The van der Waals surface area contributed by atoms with Crippen molar-refractivity contribution in [3.63, 3.8) is 0 Å². The van der Waals surface area contributed by atoms with Gasteiger partial charge in [0.15, 0.2) is 6.10 Å². The Balaban J connectivity index is 3.56. The molecule has 1 N–H and O–H groups in total. The van der Waals surface area contributed by atoms with Crippen LogP contribution in [0.5, 0.6) is 0 Å². The van der Waals surface area contributed by atoms with Gasteiger partial charge in [-0.2, -0.15) is 0 Å². The van der Waals surface area contributed by atoms with E-state index in [9.17, 15) is 9.59 Å². The number of carboxylic acid groups (broad SMARTS) is 1. The lowest BCUT2D eigenvalue weighted by molar-refractivity contribution is -0.873. The summed E-state index contributed by atoms with van der Waals surface area (Å²) in [5.74, 6) is -1.20. The smallest absolute Gasteiger partial charge is 0.307 e. The fourth-order valence-corrected chi connectivity index (χ4v) is 3.97. The molecule has 0 aromatic rings. The van der Waals surface area contributed by atoms with Gasteiger partial charge in [0.1, 0.15) is 6.54 Å². The van der Waals surface area contributed by atoms with Crippen LogP contribution in [0.15, 0.2) is 36.5 Å². The minimum atomic E-state index is -0.928. The highest BCUT2D eigenvalue weighted by atomic mass is 16.5. The predicted octanol–water partition coefficient (Wildman–Crippen LogP) is 7.62. The van der Waals surface area contributed by atoms with Crippen molar-refractivity contribution in [2.24, 2.45) is 0 Å². The van der Waals surface area contributed by atoms with Gasteiger partial charge in [0, 0.05) is 6.42 Å². The number of hydrogen-bond acceptors (Lipinski definition) is 3. The van der Waals surface area contributed by atoms with Crippen LogP contribution in [0.4, 0.5) is 0 Å². The highest BCUT2D eigenvalue weighted by Gasteiger charge is 2.24. The number of aliphatic carboxylic acids is 1. The van der Waals surface area contributed by atoms with E-state index in [0.29, 0.717) is 17.4 Å². The van der Waals surface area contributed by atoms with E-state index in [1.54, 1.807) is 0 Å². The van der Waals surface area contributed by atoms with Crippen molar-refractivity contribution >= 4 is 11.9 Å². The molecule has 0 spiro atoms. The van der Waals surface area contributed by atoms with E-state index in [1.165, 1.54) is 51.4 Å². The molecule has 0 aromatic heterocycles. The first-order valence-corrected chi connectivity index (χ1v) is 13.9. The SMILES string of the molecule is CC/C=C/C/C=C/C/C=C/CCCCCCCCCCCCC(=O)OC(CC(=O)O)C[N+](C)(C)C. The maximum absolute atomic E-state index is 12.1. The normalized spacial score (nSPS) is 13.3. The fraction of sp³-hybridized carbons (Fsp3) is 0.733. The van der Waals surface area contributed by atoms with Crippen LogP contribution >= 0.6 is 0 Å². The van der Waals surface area contributed by atoms with Crippen molar-refractivity contribution in [3.8, 4) is 0 Å². The van der Waals surface area contributed by atoms with Crippen molar-refractivity contribution in [2.75, 3.05) is 27.7 Å². The molecule has 5 heteroatoms. The quantitative estimate of drug-likeness (QED) is 0.0689. The number of unbranched alkanes of at least 4 members (excludes halogenated alkanes) is 10. The van der Waals surface area contributed by atoms with Gasteiger partial charge in [0.05, 0.1) is 27.6 Å². The second kappa shape index (κ2) is 22.6. The minimum Gasteiger partial charge on any atom is -0.481 e. The summed E-state index contributed by atoms with van der Waals surface area (Å²) in [6, 6.07) is 0. The van der Waals surface area contributed by atoms with Crippen LogP contribution in [0.25, 0.3) is 0 Å². The number of hydrogen-bond donors (Lipinski definition) is 1. The summed E-state index contributed by atoms with van der Waals surface area (Å²) in [6.07, 6.45) is 29.7. The van der Waals surface area contributed by atoms with Crippen LogP contribution in [0.1, 0.15) is 110 Å². The number of ether oxygens (including phenoxy) is 1. The number of esters is 1. The minimum absolute atomic E-state index is 0.132. The molecule has 0 rings (SSSR count). The molecule has 1 unspecified atom stereocenters. The second-order valence-corrected chi connectivity index (χ2v) is 10.6. The molecule has 0 bridgehead atoms. The van der Waals surface area contributed by atoms with Gasteiger partial charge in [-0.15, -0.1) is 0 Å². The number of likely N-dealkylation sites (N-methyl/N-ethyl adjacent to an activating group) is 1. The van der Waals surface area contributed by atoms with Crippen molar-refractivity contribution in [1.82, 2.24) is 0 Å². The van der Waals surface area contributed by atoms with Crippen molar-refractivity contribution < 1.29 is 23.9 Å². The van der Waals surface area contributed by atoms with Gasteiger partial charge in [-0.05, 0) is 38.5 Å². The number of nitrogens with zero attached hydrogens (tertiary/aromatic N) is 1. The molecule has 202 valence electrons. The van der Waals surface area contributed by atoms with E-state index >= 15 is 0 Å². The summed E-state index contributed by atoms with van der Waals surface area (Å²) in [4.78, 5) is 23.1. The lowest BCUT2D eigenvalue weighted by Crippen LogP contribution is -2.43. The summed E-state index contributed by atoms with van der Waals surface area (Å²) in [6.45, 7) is 2.66. The number of allylic oxidation sites excluding steroid dienone is 6. The number of carboxylic acids is 1. The first kappa shape index (κ1) is 33.1. The average molecular weight is 493 g/mol. The summed E-state index contributed by atoms with van der Waals surface area (Å²) in [7, 11) is 5.90. The third kappa shape index (κ3) is 26.6. The van der Waals surface area contributed by atoms with Gasteiger partial charge in [-0.25, -0.2) is 0 Å². The first-order valence-electron chi connectivity index (χ1n) is 13.9. The Morgan fingerprint density at radius 2 is 1.23 bits per heavy atom. The molecular weight excluding hydrogens is 438 g/mol. The number of carbonyl (C=O) groups excluding carboxylic acids is 1. The topological polar surface area (TPSA) is 63.6 Å². The Morgan fingerprint density at radius 3 is 1.74 bits per heavy atom.